The molecule has 0 spiro atoms. The number of carboxylic acids is 1. The summed E-state index contributed by atoms with van der Waals surface area (Å²) in [6.45, 7) is -2.47. The highest BCUT2D eigenvalue weighted by molar-refractivity contribution is 5.67. The van der Waals surface area contributed by atoms with Crippen molar-refractivity contribution in [1.29, 1.82) is 0 Å². The summed E-state index contributed by atoms with van der Waals surface area (Å²) in [5.74, 6) is -0.361. The van der Waals surface area contributed by atoms with Crippen LogP contribution in [0, 0.1) is 5.92 Å². The Morgan fingerprint density at radius 1 is 1.30 bits per heavy atom. The van der Waals surface area contributed by atoms with Crippen molar-refractivity contribution in [3.63, 3.8) is 0 Å². The van der Waals surface area contributed by atoms with Crippen molar-refractivity contribution in [3.05, 3.63) is 23.8 Å². The Morgan fingerprint density at radius 2 is 2.04 bits per heavy atom. The number of rotatable bonds is 10. The number of ether oxygens (including phenoxy) is 2. The van der Waals surface area contributed by atoms with Crippen LogP contribution in [-0.4, -0.2) is 35.5 Å². The fourth-order valence-electron chi connectivity index (χ4n) is 2.14. The number of aryl methyl sites for hydroxylation is 1. The predicted molar refractivity (Wildman–Crippen MR) is 77.9 cm³/mol. The molecule has 0 saturated heterocycles. The normalized spacial score (nSPS) is 15.5. The summed E-state index contributed by atoms with van der Waals surface area (Å²) in [6, 6.07) is 4.62. The Kier molecular flexibility index (Phi) is 6.15. The second-order valence-corrected chi connectivity index (χ2v) is 5.70. The van der Waals surface area contributed by atoms with E-state index in [0.29, 0.717) is 18.9 Å². The summed E-state index contributed by atoms with van der Waals surface area (Å²) in [7, 11) is 0. The van der Waals surface area contributed by atoms with Crippen LogP contribution in [0.15, 0.2) is 18.2 Å². The van der Waals surface area contributed by atoms with E-state index in [0.717, 1.165) is 18.4 Å². The van der Waals surface area contributed by atoms with Crippen molar-refractivity contribution < 1.29 is 33.3 Å². The zero-order chi connectivity index (χ0) is 16.8. The van der Waals surface area contributed by atoms with Gasteiger partial charge in [0.25, 0.3) is 0 Å². The minimum absolute atomic E-state index is 0.0181. The van der Waals surface area contributed by atoms with Crippen molar-refractivity contribution >= 4 is 5.97 Å². The van der Waals surface area contributed by atoms with Gasteiger partial charge in [0, 0.05) is 0 Å². The molecule has 1 aromatic rings. The Labute approximate surface area is 132 Å². The molecular formula is C16H20F2O5. The molecule has 0 radical (unpaired) electrons. The van der Waals surface area contributed by atoms with Crippen molar-refractivity contribution in [2.24, 2.45) is 5.92 Å². The number of aliphatic hydroxyl groups excluding tert-OH is 1. The van der Waals surface area contributed by atoms with Crippen LogP contribution in [0.2, 0.25) is 0 Å². The lowest BCUT2D eigenvalue weighted by Crippen LogP contribution is -2.13. The lowest BCUT2D eigenvalue weighted by atomic mass is 10.0. The molecule has 2 N–H and O–H groups in total. The van der Waals surface area contributed by atoms with E-state index in [2.05, 4.69) is 4.74 Å². The maximum Gasteiger partial charge on any atom is 0.387 e. The van der Waals surface area contributed by atoms with Gasteiger partial charge in [-0.2, -0.15) is 8.78 Å². The fraction of sp³-hybridized carbons (Fsp3) is 0.562. The van der Waals surface area contributed by atoms with Crippen LogP contribution in [0.3, 0.4) is 0 Å². The van der Waals surface area contributed by atoms with Gasteiger partial charge in [0.2, 0.25) is 0 Å². The second-order valence-electron chi connectivity index (χ2n) is 5.70. The summed E-state index contributed by atoms with van der Waals surface area (Å²) in [5, 5.41) is 18.2. The van der Waals surface area contributed by atoms with E-state index < -0.39 is 18.7 Å². The first kappa shape index (κ1) is 17.5. The average Bonchev–Trinajstić information content (AvgIpc) is 3.27. The highest BCUT2D eigenvalue weighted by Crippen LogP contribution is 2.34. The highest BCUT2D eigenvalue weighted by atomic mass is 19.3. The molecule has 1 aromatic carbocycles. The van der Waals surface area contributed by atoms with Crippen molar-refractivity contribution in [3.8, 4) is 11.5 Å². The van der Waals surface area contributed by atoms with Gasteiger partial charge in [0.15, 0.2) is 11.5 Å². The van der Waals surface area contributed by atoms with Gasteiger partial charge in [-0.15, -0.1) is 0 Å². The van der Waals surface area contributed by atoms with Gasteiger partial charge in [-0.25, -0.2) is 0 Å². The summed E-state index contributed by atoms with van der Waals surface area (Å²) < 4.78 is 34.8. The SMILES string of the molecule is O=C(O)CC(O)CCc1ccc(OC(F)F)c(OCC2CC2)c1. The number of aliphatic hydroxyl groups is 1. The number of hydrogen-bond donors (Lipinski definition) is 2. The predicted octanol–water partition coefficient (Wildman–Crippen LogP) is 2.85. The van der Waals surface area contributed by atoms with Gasteiger partial charge < -0.3 is 19.7 Å². The molecule has 1 aliphatic rings. The van der Waals surface area contributed by atoms with Crippen LogP contribution in [0.25, 0.3) is 0 Å². The van der Waals surface area contributed by atoms with E-state index in [9.17, 15) is 18.7 Å². The monoisotopic (exact) mass is 330 g/mol. The lowest BCUT2D eigenvalue weighted by molar-refractivity contribution is -0.139. The molecule has 128 valence electrons. The first-order valence-electron chi connectivity index (χ1n) is 7.54. The third kappa shape index (κ3) is 6.40. The smallest absolute Gasteiger partial charge is 0.387 e. The van der Waals surface area contributed by atoms with Gasteiger partial charge >= 0.3 is 12.6 Å². The summed E-state index contributed by atoms with van der Waals surface area (Å²) in [6.07, 6.45) is 1.57. The molecule has 1 saturated carbocycles. The minimum atomic E-state index is -2.93. The number of carbonyl (C=O) groups is 1. The van der Waals surface area contributed by atoms with Crippen molar-refractivity contribution in [1.82, 2.24) is 0 Å². The number of benzene rings is 1. The molecule has 0 aliphatic heterocycles. The number of alkyl halides is 2. The molecule has 1 fully saturated rings. The molecule has 0 aromatic heterocycles. The quantitative estimate of drug-likeness (QED) is 0.690. The van der Waals surface area contributed by atoms with E-state index in [1.54, 1.807) is 12.1 Å². The van der Waals surface area contributed by atoms with Crippen LogP contribution in [0.5, 0.6) is 11.5 Å². The maximum absolute atomic E-state index is 12.4. The number of halogens is 2. The topological polar surface area (TPSA) is 76.0 Å². The van der Waals surface area contributed by atoms with Crippen LogP contribution >= 0.6 is 0 Å². The zero-order valence-electron chi connectivity index (χ0n) is 12.6. The Morgan fingerprint density at radius 3 is 2.65 bits per heavy atom. The second kappa shape index (κ2) is 8.10. The molecule has 23 heavy (non-hydrogen) atoms. The molecule has 2 rings (SSSR count). The van der Waals surface area contributed by atoms with Crippen LogP contribution in [-0.2, 0) is 11.2 Å². The summed E-state index contributed by atoms with van der Waals surface area (Å²) in [4.78, 5) is 10.5. The number of carboxylic acid groups (broad SMARTS) is 1. The Bertz CT molecular complexity index is 531. The lowest BCUT2D eigenvalue weighted by Gasteiger charge is -2.14. The third-order valence-corrected chi connectivity index (χ3v) is 3.57. The largest absolute Gasteiger partial charge is 0.489 e. The minimum Gasteiger partial charge on any atom is -0.489 e. The molecule has 0 heterocycles. The van der Waals surface area contributed by atoms with E-state index >= 15 is 0 Å². The molecule has 1 unspecified atom stereocenters. The maximum atomic E-state index is 12.4. The third-order valence-electron chi connectivity index (χ3n) is 3.57. The molecule has 1 atom stereocenters. The van der Waals surface area contributed by atoms with Crippen LogP contribution < -0.4 is 9.47 Å². The van der Waals surface area contributed by atoms with Gasteiger partial charge in [-0.1, -0.05) is 6.07 Å². The Balaban J connectivity index is 1.98. The van der Waals surface area contributed by atoms with E-state index in [1.165, 1.54) is 6.07 Å². The molecular weight excluding hydrogens is 310 g/mol. The van der Waals surface area contributed by atoms with E-state index in [1.807, 2.05) is 0 Å². The van der Waals surface area contributed by atoms with Gasteiger partial charge in [-0.3, -0.25) is 4.79 Å². The average molecular weight is 330 g/mol. The van der Waals surface area contributed by atoms with Gasteiger partial charge in [0.05, 0.1) is 19.1 Å². The molecule has 7 heteroatoms. The van der Waals surface area contributed by atoms with Crippen LogP contribution in [0.1, 0.15) is 31.2 Å². The first-order valence-corrected chi connectivity index (χ1v) is 7.54. The zero-order valence-corrected chi connectivity index (χ0v) is 12.6. The molecule has 5 nitrogen and oxygen atoms in total. The summed E-state index contributed by atoms with van der Waals surface area (Å²) in [5.41, 5.74) is 0.766. The number of aliphatic carboxylic acids is 1. The van der Waals surface area contributed by atoms with Crippen LogP contribution in [0.4, 0.5) is 8.78 Å². The first-order chi connectivity index (χ1) is 10.9. The van der Waals surface area contributed by atoms with E-state index in [4.69, 9.17) is 9.84 Å². The van der Waals surface area contributed by atoms with E-state index in [-0.39, 0.29) is 24.3 Å². The van der Waals surface area contributed by atoms with Crippen molar-refractivity contribution in [2.75, 3.05) is 6.61 Å². The van der Waals surface area contributed by atoms with Crippen molar-refractivity contribution in [2.45, 2.75) is 44.8 Å². The highest BCUT2D eigenvalue weighted by Gasteiger charge is 2.23. The fourth-order valence-corrected chi connectivity index (χ4v) is 2.14. The Hall–Kier alpha value is -1.89. The standard InChI is InChI=1S/C16H20F2O5/c17-16(18)23-13-6-4-10(3-5-12(19)8-15(20)21)7-14(13)22-9-11-1-2-11/h4,6-7,11-12,16,19H,1-3,5,8-9H2,(H,20,21). The number of hydrogen-bond acceptors (Lipinski definition) is 4. The summed E-state index contributed by atoms with van der Waals surface area (Å²) >= 11 is 0. The molecule has 0 amide bonds. The van der Waals surface area contributed by atoms with Gasteiger partial charge in [0.1, 0.15) is 0 Å². The molecule has 1 aliphatic carbocycles. The van der Waals surface area contributed by atoms with Gasteiger partial charge in [-0.05, 0) is 49.3 Å². The molecule has 0 bridgehead atoms.